The maximum atomic E-state index is 5.91. The van der Waals surface area contributed by atoms with Crippen LogP contribution in [0.2, 0.25) is 0 Å². The molecule has 2 atom stereocenters. The Morgan fingerprint density at radius 2 is 1.89 bits per heavy atom. The van der Waals surface area contributed by atoms with E-state index >= 15 is 0 Å². The topological polar surface area (TPSA) is 21.3 Å². The summed E-state index contributed by atoms with van der Waals surface area (Å²) in [7, 11) is 0. The van der Waals surface area contributed by atoms with Crippen molar-refractivity contribution in [1.82, 2.24) is 5.32 Å². The number of hydrogen-bond acceptors (Lipinski definition) is 2. The van der Waals surface area contributed by atoms with Crippen LogP contribution in [0.4, 0.5) is 0 Å². The van der Waals surface area contributed by atoms with Crippen LogP contribution in [0, 0.1) is 11.8 Å². The lowest BCUT2D eigenvalue weighted by molar-refractivity contribution is -0.0779. The third-order valence-corrected chi connectivity index (χ3v) is 5.46. The molecule has 0 spiro atoms. The molecule has 0 aromatic heterocycles. The Labute approximate surface area is 119 Å². The summed E-state index contributed by atoms with van der Waals surface area (Å²) in [5, 5.41) is 3.79. The van der Waals surface area contributed by atoms with E-state index in [1.165, 1.54) is 51.5 Å². The molecule has 0 aromatic carbocycles. The Morgan fingerprint density at radius 1 is 1.16 bits per heavy atom. The summed E-state index contributed by atoms with van der Waals surface area (Å²) in [4.78, 5) is 0. The van der Waals surface area contributed by atoms with Gasteiger partial charge in [0.25, 0.3) is 0 Å². The van der Waals surface area contributed by atoms with Crippen molar-refractivity contribution in [3.05, 3.63) is 0 Å². The largest absolute Gasteiger partial charge is 0.375 e. The van der Waals surface area contributed by atoms with Crippen LogP contribution in [0.5, 0.6) is 0 Å². The van der Waals surface area contributed by atoms with Crippen molar-refractivity contribution >= 4 is 0 Å². The maximum Gasteiger partial charge on any atom is 0.0666 e. The average molecular weight is 267 g/mol. The molecule has 2 unspecified atom stereocenters. The van der Waals surface area contributed by atoms with Crippen LogP contribution >= 0.6 is 0 Å². The van der Waals surface area contributed by atoms with Crippen molar-refractivity contribution < 1.29 is 4.74 Å². The quantitative estimate of drug-likeness (QED) is 0.808. The van der Waals surface area contributed by atoms with E-state index in [-0.39, 0.29) is 5.60 Å². The van der Waals surface area contributed by atoms with Crippen molar-refractivity contribution in [1.29, 1.82) is 0 Å². The van der Waals surface area contributed by atoms with E-state index in [0.717, 1.165) is 24.9 Å². The van der Waals surface area contributed by atoms with E-state index in [2.05, 4.69) is 26.1 Å². The third-order valence-electron chi connectivity index (χ3n) is 5.46. The van der Waals surface area contributed by atoms with Crippen LogP contribution in [0.25, 0.3) is 0 Å². The summed E-state index contributed by atoms with van der Waals surface area (Å²) >= 11 is 0. The molecule has 2 rings (SSSR count). The van der Waals surface area contributed by atoms with E-state index in [9.17, 15) is 0 Å². The van der Waals surface area contributed by atoms with Gasteiger partial charge in [0.05, 0.1) is 5.60 Å². The van der Waals surface area contributed by atoms with E-state index in [1.54, 1.807) is 0 Å². The highest BCUT2D eigenvalue weighted by molar-refractivity contribution is 4.85. The highest BCUT2D eigenvalue weighted by Gasteiger charge is 2.31. The average Bonchev–Trinajstić information content (AvgIpc) is 2.41. The maximum absolute atomic E-state index is 5.91. The van der Waals surface area contributed by atoms with Gasteiger partial charge < -0.3 is 10.1 Å². The van der Waals surface area contributed by atoms with Gasteiger partial charge in [0.15, 0.2) is 0 Å². The van der Waals surface area contributed by atoms with E-state index < -0.39 is 0 Å². The van der Waals surface area contributed by atoms with Gasteiger partial charge in [-0.2, -0.15) is 0 Å². The second-order valence-corrected chi connectivity index (χ2v) is 7.21. The minimum atomic E-state index is 0.121. The fraction of sp³-hybridized carbons (Fsp3) is 1.00. The zero-order valence-electron chi connectivity index (χ0n) is 13.2. The lowest BCUT2D eigenvalue weighted by atomic mass is 9.81. The van der Waals surface area contributed by atoms with Crippen LogP contribution in [0.3, 0.4) is 0 Å². The smallest absolute Gasteiger partial charge is 0.0666 e. The van der Waals surface area contributed by atoms with Gasteiger partial charge in [-0.3, -0.25) is 0 Å². The van der Waals surface area contributed by atoms with Gasteiger partial charge in [-0.1, -0.05) is 39.5 Å². The molecule has 0 amide bonds. The highest BCUT2D eigenvalue weighted by Crippen LogP contribution is 2.31. The summed E-state index contributed by atoms with van der Waals surface area (Å²) in [5.41, 5.74) is 0.121. The molecule has 1 saturated carbocycles. The Kier molecular flexibility index (Phi) is 5.70. The third kappa shape index (κ3) is 4.75. The Balaban J connectivity index is 1.63. The molecular weight excluding hydrogens is 234 g/mol. The lowest BCUT2D eigenvalue weighted by Crippen LogP contribution is -2.45. The number of ether oxygens (including phenoxy) is 1. The fourth-order valence-electron chi connectivity index (χ4n) is 3.66. The Hall–Kier alpha value is -0.0800. The molecule has 0 aromatic rings. The SMILES string of the molecule is CCC1(C)CC(NCCC2CCC(C)CC2)CCO1. The summed E-state index contributed by atoms with van der Waals surface area (Å²) in [5.74, 6) is 1.96. The first-order valence-corrected chi connectivity index (χ1v) is 8.48. The molecule has 1 N–H and O–H groups in total. The van der Waals surface area contributed by atoms with Gasteiger partial charge >= 0.3 is 0 Å². The molecule has 0 bridgehead atoms. The fourth-order valence-corrected chi connectivity index (χ4v) is 3.66. The summed E-state index contributed by atoms with van der Waals surface area (Å²) in [6, 6.07) is 0.682. The van der Waals surface area contributed by atoms with Crippen molar-refractivity contribution in [2.45, 2.75) is 83.8 Å². The minimum absolute atomic E-state index is 0.121. The van der Waals surface area contributed by atoms with Crippen molar-refractivity contribution in [2.75, 3.05) is 13.2 Å². The zero-order valence-corrected chi connectivity index (χ0v) is 13.2. The van der Waals surface area contributed by atoms with Gasteiger partial charge in [0.2, 0.25) is 0 Å². The van der Waals surface area contributed by atoms with Gasteiger partial charge in [-0.15, -0.1) is 0 Å². The molecule has 2 heteroatoms. The van der Waals surface area contributed by atoms with Crippen LogP contribution in [0.1, 0.15) is 72.1 Å². The standard InChI is InChI=1S/C17H33NO/c1-4-17(3)13-16(10-12-19-17)18-11-9-15-7-5-14(2)6-8-15/h14-16,18H,4-13H2,1-3H3. The molecule has 2 nitrogen and oxygen atoms in total. The highest BCUT2D eigenvalue weighted by atomic mass is 16.5. The normalized spacial score (nSPS) is 40.3. The van der Waals surface area contributed by atoms with Gasteiger partial charge in [0, 0.05) is 12.6 Å². The van der Waals surface area contributed by atoms with Crippen molar-refractivity contribution in [2.24, 2.45) is 11.8 Å². The first-order valence-electron chi connectivity index (χ1n) is 8.48. The predicted molar refractivity (Wildman–Crippen MR) is 81.4 cm³/mol. The van der Waals surface area contributed by atoms with E-state index in [1.807, 2.05) is 0 Å². The number of rotatable bonds is 5. The number of nitrogens with one attached hydrogen (secondary N) is 1. The second-order valence-electron chi connectivity index (χ2n) is 7.21. The zero-order chi connectivity index (χ0) is 13.7. The molecule has 19 heavy (non-hydrogen) atoms. The first-order chi connectivity index (χ1) is 9.11. The minimum Gasteiger partial charge on any atom is -0.375 e. The molecule has 112 valence electrons. The molecular formula is C17H33NO. The monoisotopic (exact) mass is 267 g/mol. The summed E-state index contributed by atoms with van der Waals surface area (Å²) in [6.45, 7) is 9.06. The van der Waals surface area contributed by atoms with Crippen LogP contribution in [0.15, 0.2) is 0 Å². The Morgan fingerprint density at radius 3 is 2.58 bits per heavy atom. The predicted octanol–water partition coefficient (Wildman–Crippen LogP) is 4.14. The van der Waals surface area contributed by atoms with E-state index in [4.69, 9.17) is 4.74 Å². The van der Waals surface area contributed by atoms with Gasteiger partial charge in [0.1, 0.15) is 0 Å². The lowest BCUT2D eigenvalue weighted by Gasteiger charge is -2.38. The summed E-state index contributed by atoms with van der Waals surface area (Å²) in [6.07, 6.45) is 10.7. The molecule has 1 aliphatic carbocycles. The molecule has 2 aliphatic rings. The summed E-state index contributed by atoms with van der Waals surface area (Å²) < 4.78 is 5.91. The van der Waals surface area contributed by atoms with Crippen LogP contribution in [-0.2, 0) is 4.74 Å². The van der Waals surface area contributed by atoms with Gasteiger partial charge in [-0.25, -0.2) is 0 Å². The molecule has 1 heterocycles. The molecule has 0 radical (unpaired) electrons. The van der Waals surface area contributed by atoms with E-state index in [0.29, 0.717) is 6.04 Å². The second kappa shape index (κ2) is 7.08. The van der Waals surface area contributed by atoms with Crippen molar-refractivity contribution in [3.8, 4) is 0 Å². The number of hydrogen-bond donors (Lipinski definition) is 1. The first kappa shape index (κ1) is 15.3. The molecule has 2 fully saturated rings. The van der Waals surface area contributed by atoms with Crippen LogP contribution < -0.4 is 5.32 Å². The van der Waals surface area contributed by atoms with Crippen molar-refractivity contribution in [3.63, 3.8) is 0 Å². The van der Waals surface area contributed by atoms with Gasteiger partial charge in [-0.05, 0) is 51.0 Å². The molecule has 1 saturated heterocycles. The Bertz CT molecular complexity index is 260. The molecule has 1 aliphatic heterocycles. The van der Waals surface area contributed by atoms with Crippen LogP contribution in [-0.4, -0.2) is 24.8 Å².